The average molecular weight is 507 g/mol. The van der Waals surface area contributed by atoms with Crippen LogP contribution in [0.3, 0.4) is 0 Å². The highest BCUT2D eigenvalue weighted by Gasteiger charge is 2.65. The number of rotatable bonds is 9. The lowest BCUT2D eigenvalue weighted by atomic mass is 9.65. The molecular weight excluding hydrogens is 464 g/mol. The lowest BCUT2D eigenvalue weighted by molar-refractivity contribution is -0.289. The molecule has 0 aromatic heterocycles. The number of carbonyl (C=O) groups excluding carboxylic acids is 1. The second-order valence-electron chi connectivity index (χ2n) is 11.7. The lowest BCUT2D eigenvalue weighted by Crippen LogP contribution is -2.67. The molecule has 2 aromatic carbocycles. The Labute approximate surface area is 218 Å². The maximum absolute atomic E-state index is 13.5. The van der Waals surface area contributed by atoms with Gasteiger partial charge in [-0.25, -0.2) is 0 Å². The van der Waals surface area contributed by atoms with E-state index in [9.17, 15) is 4.79 Å². The van der Waals surface area contributed by atoms with Gasteiger partial charge in [-0.2, -0.15) is 0 Å². The highest BCUT2D eigenvalue weighted by atomic mass is 28.4. The van der Waals surface area contributed by atoms with Gasteiger partial charge in [0.1, 0.15) is 5.78 Å². The van der Waals surface area contributed by atoms with Gasteiger partial charge in [-0.05, 0) is 48.5 Å². The first-order valence-electron chi connectivity index (χ1n) is 13.3. The summed E-state index contributed by atoms with van der Waals surface area (Å²) >= 11 is 0. The SMILES string of the molecule is C=CC[C@]12C[C@@H](CO[Si](c3ccccc3)(c3ccccc3)C(C)(C)C)O[C@@]1(OC(C)C)CCCC2=O. The van der Waals surface area contributed by atoms with Gasteiger partial charge in [-0.15, -0.1) is 6.58 Å². The zero-order valence-electron chi connectivity index (χ0n) is 22.6. The molecule has 194 valence electrons. The number of ether oxygens (including phenoxy) is 2. The summed E-state index contributed by atoms with van der Waals surface area (Å²) < 4.78 is 20.5. The minimum atomic E-state index is -2.71. The van der Waals surface area contributed by atoms with E-state index in [1.807, 2.05) is 19.9 Å². The molecule has 1 aliphatic carbocycles. The minimum absolute atomic E-state index is 0.0450. The van der Waals surface area contributed by atoms with Crippen molar-refractivity contribution < 1.29 is 18.7 Å². The van der Waals surface area contributed by atoms with E-state index in [-0.39, 0.29) is 23.0 Å². The summed E-state index contributed by atoms with van der Waals surface area (Å²) in [6.07, 6.45) is 4.83. The van der Waals surface area contributed by atoms with Crippen molar-refractivity contribution in [1.29, 1.82) is 0 Å². The van der Waals surface area contributed by atoms with Gasteiger partial charge in [-0.3, -0.25) is 4.79 Å². The Hall–Kier alpha value is -2.05. The summed E-state index contributed by atoms with van der Waals surface area (Å²) in [6, 6.07) is 21.3. The summed E-state index contributed by atoms with van der Waals surface area (Å²) in [6.45, 7) is 15.3. The van der Waals surface area contributed by atoms with E-state index in [0.29, 0.717) is 25.9 Å². The molecule has 0 spiro atoms. The van der Waals surface area contributed by atoms with Crippen LogP contribution in [0.5, 0.6) is 0 Å². The zero-order chi connectivity index (χ0) is 26.0. The van der Waals surface area contributed by atoms with Crippen LogP contribution < -0.4 is 10.4 Å². The number of allylic oxidation sites excluding steroid dienone is 1. The molecule has 0 radical (unpaired) electrons. The molecule has 2 fully saturated rings. The molecule has 36 heavy (non-hydrogen) atoms. The van der Waals surface area contributed by atoms with Gasteiger partial charge in [0.2, 0.25) is 0 Å². The Kier molecular flexibility index (Phi) is 7.78. The van der Waals surface area contributed by atoms with Crippen molar-refractivity contribution >= 4 is 24.5 Å². The largest absolute Gasteiger partial charge is 0.405 e. The Morgan fingerprint density at radius 2 is 1.67 bits per heavy atom. The number of benzene rings is 2. The average Bonchev–Trinajstić information content (AvgIpc) is 3.14. The van der Waals surface area contributed by atoms with Crippen molar-refractivity contribution in [1.82, 2.24) is 0 Å². The number of Topliss-reactive ketones (excluding diaryl/α,β-unsaturated/α-hetero) is 1. The molecule has 1 saturated heterocycles. The van der Waals surface area contributed by atoms with Crippen molar-refractivity contribution in [3.05, 3.63) is 73.3 Å². The van der Waals surface area contributed by atoms with Crippen molar-refractivity contribution in [3.8, 4) is 0 Å². The first-order chi connectivity index (χ1) is 17.1. The molecule has 2 aliphatic rings. The standard InChI is InChI=1S/C31H42O4Si/c1-7-20-30-22-25(35-31(30,34-24(2)3)21-14-19-28(30)32)23-33-36(29(4,5)6,26-15-10-8-11-16-26)27-17-12-9-13-18-27/h7-13,15-18,24-25H,1,14,19-23H2,2-6H3/t25-,30+,31-/m0/s1. The van der Waals surface area contributed by atoms with Crippen LogP contribution in [-0.4, -0.2) is 38.7 Å². The summed E-state index contributed by atoms with van der Waals surface area (Å²) in [7, 11) is -2.71. The fourth-order valence-corrected chi connectivity index (χ4v) is 11.2. The molecule has 4 rings (SSSR count). The van der Waals surface area contributed by atoms with Crippen LogP contribution in [-0.2, 0) is 18.7 Å². The number of ketones is 1. The van der Waals surface area contributed by atoms with Gasteiger partial charge in [0.25, 0.3) is 8.32 Å². The molecule has 1 heterocycles. The smallest absolute Gasteiger partial charge is 0.261 e. The Balaban J connectivity index is 1.73. The second kappa shape index (κ2) is 10.4. The fourth-order valence-electron chi connectivity index (χ4n) is 6.57. The van der Waals surface area contributed by atoms with Gasteiger partial charge in [0.15, 0.2) is 5.79 Å². The summed E-state index contributed by atoms with van der Waals surface area (Å²) in [5.41, 5.74) is -0.698. The molecule has 1 aliphatic heterocycles. The number of fused-ring (bicyclic) bond motifs is 1. The van der Waals surface area contributed by atoms with E-state index in [0.717, 1.165) is 12.8 Å². The third-order valence-electron chi connectivity index (χ3n) is 7.93. The zero-order valence-corrected chi connectivity index (χ0v) is 23.6. The quantitative estimate of drug-likeness (QED) is 0.319. The lowest BCUT2D eigenvalue weighted by Gasteiger charge is -2.46. The van der Waals surface area contributed by atoms with Crippen LogP contribution in [0.4, 0.5) is 0 Å². The Morgan fingerprint density at radius 3 is 2.17 bits per heavy atom. The van der Waals surface area contributed by atoms with E-state index < -0.39 is 19.5 Å². The Bertz CT molecular complexity index is 1010. The number of hydrogen-bond donors (Lipinski definition) is 0. The van der Waals surface area contributed by atoms with Crippen LogP contribution >= 0.6 is 0 Å². The summed E-state index contributed by atoms with van der Waals surface area (Å²) in [4.78, 5) is 13.5. The van der Waals surface area contributed by atoms with E-state index in [1.54, 1.807) is 0 Å². The van der Waals surface area contributed by atoms with Gasteiger partial charge in [0, 0.05) is 12.8 Å². The van der Waals surface area contributed by atoms with Crippen molar-refractivity contribution in [2.24, 2.45) is 5.41 Å². The van der Waals surface area contributed by atoms with Gasteiger partial charge < -0.3 is 13.9 Å². The van der Waals surface area contributed by atoms with Crippen molar-refractivity contribution in [2.45, 2.75) is 89.8 Å². The third kappa shape index (κ3) is 4.56. The molecule has 0 bridgehead atoms. The highest BCUT2D eigenvalue weighted by Crippen LogP contribution is 2.57. The van der Waals surface area contributed by atoms with E-state index in [2.05, 4.69) is 88.0 Å². The molecule has 0 unspecified atom stereocenters. The molecule has 0 amide bonds. The van der Waals surface area contributed by atoms with E-state index in [4.69, 9.17) is 13.9 Å². The van der Waals surface area contributed by atoms with Crippen LogP contribution in [0.15, 0.2) is 73.3 Å². The molecule has 2 aromatic rings. The third-order valence-corrected chi connectivity index (χ3v) is 12.9. The number of hydrogen-bond acceptors (Lipinski definition) is 4. The normalized spacial score (nSPS) is 26.7. The van der Waals surface area contributed by atoms with Crippen molar-refractivity contribution in [3.63, 3.8) is 0 Å². The topological polar surface area (TPSA) is 44.8 Å². The highest BCUT2D eigenvalue weighted by molar-refractivity contribution is 6.99. The fraction of sp³-hybridized carbons (Fsp3) is 0.516. The summed E-state index contributed by atoms with van der Waals surface area (Å²) in [5, 5.41) is 2.36. The molecule has 1 saturated carbocycles. The molecule has 4 nitrogen and oxygen atoms in total. The molecule has 3 atom stereocenters. The first-order valence-corrected chi connectivity index (χ1v) is 15.3. The summed E-state index contributed by atoms with van der Waals surface area (Å²) in [5.74, 6) is -0.674. The van der Waals surface area contributed by atoms with E-state index in [1.165, 1.54) is 10.4 Å². The van der Waals surface area contributed by atoms with Gasteiger partial charge >= 0.3 is 0 Å². The molecule has 0 N–H and O–H groups in total. The van der Waals surface area contributed by atoms with E-state index >= 15 is 0 Å². The minimum Gasteiger partial charge on any atom is -0.405 e. The van der Waals surface area contributed by atoms with Crippen LogP contribution in [0.1, 0.15) is 66.7 Å². The first kappa shape index (κ1) is 27.0. The molecular formula is C31H42O4Si. The second-order valence-corrected chi connectivity index (χ2v) is 16.0. The monoisotopic (exact) mass is 506 g/mol. The van der Waals surface area contributed by atoms with Crippen LogP contribution in [0.2, 0.25) is 5.04 Å². The maximum Gasteiger partial charge on any atom is 0.261 e. The van der Waals surface area contributed by atoms with Gasteiger partial charge in [-0.1, -0.05) is 87.5 Å². The predicted molar refractivity (Wildman–Crippen MR) is 148 cm³/mol. The van der Waals surface area contributed by atoms with Crippen LogP contribution in [0, 0.1) is 5.41 Å². The van der Waals surface area contributed by atoms with Crippen molar-refractivity contribution in [2.75, 3.05) is 6.61 Å². The van der Waals surface area contributed by atoms with Crippen LogP contribution in [0.25, 0.3) is 0 Å². The maximum atomic E-state index is 13.5. The molecule has 5 heteroatoms. The van der Waals surface area contributed by atoms with Gasteiger partial charge in [0.05, 0.1) is 24.2 Å². The Morgan fingerprint density at radius 1 is 1.08 bits per heavy atom. The number of carbonyl (C=O) groups is 1. The predicted octanol–water partition coefficient (Wildman–Crippen LogP) is 5.79.